The molecule has 0 saturated carbocycles. The first-order valence-electron chi connectivity index (χ1n) is 8.25. The Morgan fingerprint density at radius 2 is 1.52 bits per heavy atom. The van der Waals surface area contributed by atoms with Crippen molar-refractivity contribution < 1.29 is 18.0 Å². The second-order valence-electron chi connectivity index (χ2n) is 5.88. The van der Waals surface area contributed by atoms with Crippen LogP contribution >= 0.6 is 0 Å². The lowest BCUT2D eigenvalue weighted by molar-refractivity contribution is 0.306. The maximum atomic E-state index is 13.3. The summed E-state index contributed by atoms with van der Waals surface area (Å²) in [5.41, 5.74) is 1.97. The van der Waals surface area contributed by atoms with E-state index in [0.717, 1.165) is 23.8 Å². The molecule has 0 aliphatic rings. The van der Waals surface area contributed by atoms with E-state index in [4.69, 9.17) is 9.26 Å². The third-order valence-corrected chi connectivity index (χ3v) is 3.90. The number of ether oxygens (including phenoxy) is 1. The van der Waals surface area contributed by atoms with Crippen LogP contribution in [-0.2, 0) is 6.61 Å². The highest BCUT2D eigenvalue weighted by atomic mass is 19.1. The van der Waals surface area contributed by atoms with E-state index < -0.39 is 11.6 Å². The zero-order valence-corrected chi connectivity index (χ0v) is 14.1. The highest BCUT2D eigenvalue weighted by molar-refractivity contribution is 5.60. The summed E-state index contributed by atoms with van der Waals surface area (Å²) in [7, 11) is 0. The fraction of sp³-hybridized carbons (Fsp3) is 0.0476. The summed E-state index contributed by atoms with van der Waals surface area (Å²) in [5, 5.41) is 3.87. The molecule has 0 unspecified atom stereocenters. The largest absolute Gasteiger partial charge is 0.489 e. The monoisotopic (exact) mass is 364 g/mol. The second-order valence-corrected chi connectivity index (χ2v) is 5.88. The predicted molar refractivity (Wildman–Crippen MR) is 95.9 cm³/mol. The normalized spacial score (nSPS) is 10.7. The number of benzene rings is 3. The van der Waals surface area contributed by atoms with Crippen LogP contribution in [0, 0.1) is 11.6 Å². The molecule has 4 nitrogen and oxygen atoms in total. The molecule has 0 aliphatic heterocycles. The van der Waals surface area contributed by atoms with Gasteiger partial charge in [-0.05, 0) is 42.0 Å². The van der Waals surface area contributed by atoms with Crippen molar-refractivity contribution >= 4 is 0 Å². The fourth-order valence-corrected chi connectivity index (χ4v) is 2.58. The van der Waals surface area contributed by atoms with Crippen LogP contribution in [0.15, 0.2) is 77.3 Å². The number of aromatic nitrogens is 2. The molecule has 0 bridgehead atoms. The fourth-order valence-electron chi connectivity index (χ4n) is 2.58. The van der Waals surface area contributed by atoms with Crippen LogP contribution in [0.4, 0.5) is 8.78 Å². The average Bonchev–Trinajstić information content (AvgIpc) is 3.17. The Labute approximate surface area is 154 Å². The summed E-state index contributed by atoms with van der Waals surface area (Å²) in [6.07, 6.45) is 0. The minimum Gasteiger partial charge on any atom is -0.489 e. The highest BCUT2D eigenvalue weighted by Gasteiger charge is 2.13. The first kappa shape index (κ1) is 16.9. The Balaban J connectivity index is 1.48. The molecule has 6 heteroatoms. The Kier molecular flexibility index (Phi) is 4.61. The maximum Gasteiger partial charge on any atom is 0.258 e. The van der Waals surface area contributed by atoms with Crippen molar-refractivity contribution in [1.82, 2.24) is 10.1 Å². The molecule has 134 valence electrons. The molecule has 3 aromatic carbocycles. The van der Waals surface area contributed by atoms with E-state index in [0.29, 0.717) is 23.7 Å². The lowest BCUT2D eigenvalue weighted by atomic mass is 10.2. The van der Waals surface area contributed by atoms with Crippen LogP contribution in [0.2, 0.25) is 0 Å². The molecule has 4 aromatic rings. The van der Waals surface area contributed by atoms with Gasteiger partial charge in [-0.2, -0.15) is 4.98 Å². The van der Waals surface area contributed by atoms with Gasteiger partial charge in [-0.1, -0.05) is 35.5 Å². The SMILES string of the molecule is Fc1cc(F)cc(-c2nc(-c3ccc(OCc4ccccc4)cc3)no2)c1. The molecular weight excluding hydrogens is 350 g/mol. The van der Waals surface area contributed by atoms with Gasteiger partial charge >= 0.3 is 0 Å². The van der Waals surface area contributed by atoms with E-state index in [2.05, 4.69) is 10.1 Å². The molecule has 0 spiro atoms. The summed E-state index contributed by atoms with van der Waals surface area (Å²) < 4.78 is 37.5. The number of hydrogen-bond donors (Lipinski definition) is 0. The summed E-state index contributed by atoms with van der Waals surface area (Å²) in [6, 6.07) is 20.1. The molecule has 0 N–H and O–H groups in total. The van der Waals surface area contributed by atoms with E-state index >= 15 is 0 Å². The van der Waals surface area contributed by atoms with Crippen molar-refractivity contribution in [3.8, 4) is 28.6 Å². The summed E-state index contributed by atoms with van der Waals surface area (Å²) in [4.78, 5) is 4.20. The summed E-state index contributed by atoms with van der Waals surface area (Å²) in [5.74, 6) is -0.329. The smallest absolute Gasteiger partial charge is 0.258 e. The van der Waals surface area contributed by atoms with Crippen molar-refractivity contribution in [3.05, 3.63) is 90.0 Å². The van der Waals surface area contributed by atoms with Gasteiger partial charge in [0.05, 0.1) is 0 Å². The quantitative estimate of drug-likeness (QED) is 0.485. The molecule has 0 amide bonds. The minimum atomic E-state index is -0.704. The molecular formula is C21H14F2N2O2. The molecule has 0 saturated heterocycles. The minimum absolute atomic E-state index is 0.0489. The lowest BCUT2D eigenvalue weighted by Gasteiger charge is -2.06. The van der Waals surface area contributed by atoms with Crippen LogP contribution < -0.4 is 4.74 Å². The number of hydrogen-bond acceptors (Lipinski definition) is 4. The molecule has 0 atom stereocenters. The van der Waals surface area contributed by atoms with Gasteiger partial charge in [0.1, 0.15) is 24.0 Å². The first-order valence-corrected chi connectivity index (χ1v) is 8.25. The molecule has 27 heavy (non-hydrogen) atoms. The van der Waals surface area contributed by atoms with Gasteiger partial charge in [0.25, 0.3) is 5.89 Å². The summed E-state index contributed by atoms with van der Waals surface area (Å²) >= 11 is 0. The Morgan fingerprint density at radius 3 is 2.22 bits per heavy atom. The number of nitrogens with zero attached hydrogens (tertiary/aromatic N) is 2. The highest BCUT2D eigenvalue weighted by Crippen LogP contribution is 2.25. The van der Waals surface area contributed by atoms with Gasteiger partial charge in [-0.15, -0.1) is 0 Å². The van der Waals surface area contributed by atoms with Crippen molar-refractivity contribution in [3.63, 3.8) is 0 Å². The Bertz CT molecular complexity index is 1030. The van der Waals surface area contributed by atoms with Crippen LogP contribution in [0.25, 0.3) is 22.8 Å². The zero-order chi connectivity index (χ0) is 18.6. The Hall–Kier alpha value is -3.54. The maximum absolute atomic E-state index is 13.3. The van der Waals surface area contributed by atoms with Crippen LogP contribution in [0.5, 0.6) is 5.75 Å². The van der Waals surface area contributed by atoms with Gasteiger partial charge in [0, 0.05) is 17.2 Å². The van der Waals surface area contributed by atoms with Crippen molar-refractivity contribution in [2.24, 2.45) is 0 Å². The van der Waals surface area contributed by atoms with E-state index in [1.54, 1.807) is 24.3 Å². The predicted octanol–water partition coefficient (Wildman–Crippen LogP) is 5.26. The van der Waals surface area contributed by atoms with Crippen LogP contribution in [0.1, 0.15) is 5.56 Å². The number of rotatable bonds is 5. The van der Waals surface area contributed by atoms with Crippen molar-refractivity contribution in [2.75, 3.05) is 0 Å². The first-order chi connectivity index (χ1) is 13.2. The average molecular weight is 364 g/mol. The summed E-state index contributed by atoms with van der Waals surface area (Å²) in [6.45, 7) is 0.470. The zero-order valence-electron chi connectivity index (χ0n) is 14.1. The molecule has 0 radical (unpaired) electrons. The van der Waals surface area contributed by atoms with Crippen LogP contribution in [0.3, 0.4) is 0 Å². The molecule has 1 aromatic heterocycles. The molecule has 0 aliphatic carbocycles. The molecule has 0 fully saturated rings. The van der Waals surface area contributed by atoms with E-state index in [1.165, 1.54) is 0 Å². The van der Waals surface area contributed by atoms with Gasteiger partial charge in [0.15, 0.2) is 0 Å². The van der Waals surface area contributed by atoms with Gasteiger partial charge in [0.2, 0.25) is 5.82 Å². The van der Waals surface area contributed by atoms with E-state index in [1.807, 2.05) is 30.3 Å². The lowest BCUT2D eigenvalue weighted by Crippen LogP contribution is -1.94. The van der Waals surface area contributed by atoms with Gasteiger partial charge in [-0.3, -0.25) is 0 Å². The van der Waals surface area contributed by atoms with Gasteiger partial charge < -0.3 is 9.26 Å². The van der Waals surface area contributed by atoms with E-state index in [-0.39, 0.29) is 11.5 Å². The topological polar surface area (TPSA) is 48.2 Å². The molecule has 4 rings (SSSR count). The Morgan fingerprint density at radius 1 is 0.815 bits per heavy atom. The van der Waals surface area contributed by atoms with E-state index in [9.17, 15) is 8.78 Å². The third-order valence-electron chi connectivity index (χ3n) is 3.90. The van der Waals surface area contributed by atoms with Crippen LogP contribution in [-0.4, -0.2) is 10.1 Å². The standard InChI is InChI=1S/C21H14F2N2O2/c22-17-10-16(11-18(23)12-17)21-24-20(25-27-21)15-6-8-19(9-7-15)26-13-14-4-2-1-3-5-14/h1-12H,13H2. The molecule has 1 heterocycles. The second kappa shape index (κ2) is 7.37. The van der Waals surface area contributed by atoms with Crippen molar-refractivity contribution in [1.29, 1.82) is 0 Å². The van der Waals surface area contributed by atoms with Crippen molar-refractivity contribution in [2.45, 2.75) is 6.61 Å². The third kappa shape index (κ3) is 4.00. The number of halogens is 2. The van der Waals surface area contributed by atoms with Gasteiger partial charge in [-0.25, -0.2) is 8.78 Å².